The van der Waals surface area contributed by atoms with Gasteiger partial charge in [0.15, 0.2) is 0 Å². The van der Waals surface area contributed by atoms with Crippen molar-refractivity contribution >= 4 is 17.7 Å². The molecular weight excluding hydrogens is 282 g/mol. The predicted octanol–water partition coefficient (Wildman–Crippen LogP) is 2.95. The van der Waals surface area contributed by atoms with Gasteiger partial charge in [-0.05, 0) is 25.0 Å². The fourth-order valence-corrected chi connectivity index (χ4v) is 2.59. The first-order chi connectivity index (χ1) is 10.6. The van der Waals surface area contributed by atoms with Crippen molar-refractivity contribution in [1.82, 2.24) is 5.32 Å². The minimum atomic E-state index is -0.528. The van der Waals surface area contributed by atoms with Crippen molar-refractivity contribution in [1.29, 1.82) is 5.26 Å². The molecule has 6 heteroatoms. The summed E-state index contributed by atoms with van der Waals surface area (Å²) in [4.78, 5) is 22.6. The van der Waals surface area contributed by atoms with E-state index in [0.29, 0.717) is 0 Å². The van der Waals surface area contributed by atoms with Gasteiger partial charge in [-0.15, -0.1) is 0 Å². The first-order valence-corrected chi connectivity index (χ1v) is 7.28. The van der Waals surface area contributed by atoms with E-state index in [2.05, 4.69) is 5.32 Å². The number of hydrogen-bond acceptors (Lipinski definition) is 4. The topological polar surface area (TPSA) is 96.0 Å². The van der Waals surface area contributed by atoms with Gasteiger partial charge in [-0.1, -0.05) is 31.4 Å². The van der Waals surface area contributed by atoms with E-state index in [9.17, 15) is 14.9 Å². The summed E-state index contributed by atoms with van der Waals surface area (Å²) in [5.74, 6) is -0.465. The lowest BCUT2D eigenvalue weighted by Gasteiger charge is -2.22. The second-order valence-electron chi connectivity index (χ2n) is 5.29. The zero-order valence-electron chi connectivity index (χ0n) is 12.1. The van der Waals surface area contributed by atoms with Gasteiger partial charge in [0.2, 0.25) is 0 Å². The molecule has 0 spiro atoms. The molecule has 1 aliphatic carbocycles. The Hall–Kier alpha value is -2.68. The summed E-state index contributed by atoms with van der Waals surface area (Å²) in [6.07, 6.45) is 6.41. The van der Waals surface area contributed by atoms with Crippen molar-refractivity contribution in [2.24, 2.45) is 0 Å². The number of carbonyl (C=O) groups excluding carboxylic acids is 1. The van der Waals surface area contributed by atoms with E-state index in [-0.39, 0.29) is 22.9 Å². The number of para-hydroxylation sites is 1. The Kier molecular flexibility index (Phi) is 5.26. The van der Waals surface area contributed by atoms with Gasteiger partial charge in [-0.25, -0.2) is 0 Å². The van der Waals surface area contributed by atoms with Gasteiger partial charge in [0.05, 0.1) is 10.5 Å². The van der Waals surface area contributed by atoms with Crippen LogP contribution in [-0.2, 0) is 4.79 Å². The highest BCUT2D eigenvalue weighted by Crippen LogP contribution is 2.21. The molecule has 0 radical (unpaired) electrons. The quantitative estimate of drug-likeness (QED) is 0.400. The van der Waals surface area contributed by atoms with Crippen molar-refractivity contribution in [2.75, 3.05) is 0 Å². The third kappa shape index (κ3) is 3.92. The lowest BCUT2D eigenvalue weighted by molar-refractivity contribution is -0.385. The van der Waals surface area contributed by atoms with Crippen LogP contribution in [0.2, 0.25) is 0 Å². The average molecular weight is 299 g/mol. The molecule has 0 atom stereocenters. The zero-order chi connectivity index (χ0) is 15.9. The van der Waals surface area contributed by atoms with Crippen molar-refractivity contribution < 1.29 is 9.72 Å². The summed E-state index contributed by atoms with van der Waals surface area (Å²) < 4.78 is 0. The van der Waals surface area contributed by atoms with E-state index in [0.717, 1.165) is 25.7 Å². The highest BCUT2D eigenvalue weighted by atomic mass is 16.6. The Labute approximate surface area is 128 Å². The van der Waals surface area contributed by atoms with Crippen LogP contribution in [0, 0.1) is 21.4 Å². The third-order valence-electron chi connectivity index (χ3n) is 3.74. The Bertz CT molecular complexity index is 640. The molecule has 1 saturated carbocycles. The third-order valence-corrected chi connectivity index (χ3v) is 3.74. The number of hydrogen-bond donors (Lipinski definition) is 1. The van der Waals surface area contributed by atoms with Crippen LogP contribution < -0.4 is 5.32 Å². The molecule has 1 fully saturated rings. The van der Waals surface area contributed by atoms with Crippen LogP contribution in [0.3, 0.4) is 0 Å². The second kappa shape index (κ2) is 7.36. The summed E-state index contributed by atoms with van der Waals surface area (Å²) in [6.45, 7) is 0. The number of nitrogens with one attached hydrogen (secondary N) is 1. The Balaban J connectivity index is 2.18. The number of amides is 1. The second-order valence-corrected chi connectivity index (χ2v) is 5.29. The van der Waals surface area contributed by atoms with Crippen LogP contribution >= 0.6 is 0 Å². The number of benzene rings is 1. The number of nitro benzene ring substituents is 1. The molecular formula is C16H17N3O3. The Morgan fingerprint density at radius 2 is 2.00 bits per heavy atom. The number of nitrogens with zero attached hydrogens (tertiary/aromatic N) is 2. The average Bonchev–Trinajstić information content (AvgIpc) is 2.53. The van der Waals surface area contributed by atoms with Crippen LogP contribution in [0.25, 0.3) is 6.08 Å². The van der Waals surface area contributed by atoms with E-state index in [1.807, 2.05) is 6.07 Å². The maximum absolute atomic E-state index is 12.2. The monoisotopic (exact) mass is 299 g/mol. The molecule has 0 saturated heterocycles. The normalized spacial score (nSPS) is 15.9. The molecule has 0 heterocycles. The van der Waals surface area contributed by atoms with Crippen molar-refractivity contribution in [3.63, 3.8) is 0 Å². The molecule has 6 nitrogen and oxygen atoms in total. The maximum Gasteiger partial charge on any atom is 0.276 e. The molecule has 1 N–H and O–H groups in total. The van der Waals surface area contributed by atoms with E-state index < -0.39 is 10.8 Å². The first kappa shape index (κ1) is 15.7. The van der Waals surface area contributed by atoms with Gasteiger partial charge in [0.25, 0.3) is 11.6 Å². The van der Waals surface area contributed by atoms with Crippen molar-refractivity contribution in [2.45, 2.75) is 38.1 Å². The van der Waals surface area contributed by atoms with Gasteiger partial charge in [-0.2, -0.15) is 5.26 Å². The standard InChI is InChI=1S/C16H17N3O3/c17-11-13(16(20)18-14-7-2-1-3-8-14)10-12-6-4-5-9-15(12)19(21)22/h4-6,9-10,14H,1-3,7-8H2,(H,18,20)/b13-10+. The molecule has 1 aromatic rings. The van der Waals surface area contributed by atoms with E-state index in [1.54, 1.807) is 12.1 Å². The van der Waals surface area contributed by atoms with Gasteiger partial charge in [0, 0.05) is 12.1 Å². The van der Waals surface area contributed by atoms with Crippen LogP contribution in [0.1, 0.15) is 37.7 Å². The van der Waals surface area contributed by atoms with Crippen LogP contribution in [0.5, 0.6) is 0 Å². The molecule has 0 unspecified atom stereocenters. The SMILES string of the molecule is N#C/C(=C\c1ccccc1[N+](=O)[O-])C(=O)NC1CCCCC1. The minimum absolute atomic E-state index is 0.0868. The smallest absolute Gasteiger partial charge is 0.276 e. The predicted molar refractivity (Wildman–Crippen MR) is 81.7 cm³/mol. The first-order valence-electron chi connectivity index (χ1n) is 7.28. The van der Waals surface area contributed by atoms with Gasteiger partial charge in [-0.3, -0.25) is 14.9 Å². The van der Waals surface area contributed by atoms with Crippen molar-refractivity contribution in [3.8, 4) is 6.07 Å². The summed E-state index contributed by atoms with van der Waals surface area (Å²) in [7, 11) is 0. The summed E-state index contributed by atoms with van der Waals surface area (Å²) in [5.41, 5.74) is 0.0171. The molecule has 1 amide bonds. The Morgan fingerprint density at radius 1 is 1.32 bits per heavy atom. The number of nitriles is 1. The lowest BCUT2D eigenvalue weighted by atomic mass is 9.95. The van der Waals surface area contributed by atoms with E-state index in [1.165, 1.54) is 24.6 Å². The number of carbonyl (C=O) groups is 1. The molecule has 2 rings (SSSR count). The van der Waals surface area contributed by atoms with Crippen LogP contribution in [-0.4, -0.2) is 16.9 Å². The summed E-state index contributed by atoms with van der Waals surface area (Å²) in [6, 6.07) is 7.96. The molecule has 0 aromatic heterocycles. The summed E-state index contributed by atoms with van der Waals surface area (Å²) >= 11 is 0. The minimum Gasteiger partial charge on any atom is -0.349 e. The fraction of sp³-hybridized carbons (Fsp3) is 0.375. The van der Waals surface area contributed by atoms with Crippen molar-refractivity contribution in [3.05, 3.63) is 45.5 Å². The molecule has 0 aliphatic heterocycles. The molecule has 1 aromatic carbocycles. The summed E-state index contributed by atoms with van der Waals surface area (Å²) in [5, 5.41) is 23.0. The molecule has 1 aliphatic rings. The number of nitro groups is 1. The van der Waals surface area contributed by atoms with Crippen LogP contribution in [0.15, 0.2) is 29.8 Å². The van der Waals surface area contributed by atoms with Gasteiger partial charge < -0.3 is 5.32 Å². The molecule has 114 valence electrons. The Morgan fingerprint density at radius 3 is 2.64 bits per heavy atom. The van der Waals surface area contributed by atoms with Gasteiger partial charge in [0.1, 0.15) is 11.6 Å². The van der Waals surface area contributed by atoms with E-state index in [4.69, 9.17) is 5.26 Å². The highest BCUT2D eigenvalue weighted by Gasteiger charge is 2.19. The largest absolute Gasteiger partial charge is 0.349 e. The van der Waals surface area contributed by atoms with Crippen LogP contribution in [0.4, 0.5) is 5.69 Å². The molecule has 0 bridgehead atoms. The highest BCUT2D eigenvalue weighted by molar-refractivity contribution is 6.02. The van der Waals surface area contributed by atoms with E-state index >= 15 is 0 Å². The zero-order valence-corrected chi connectivity index (χ0v) is 12.1. The number of rotatable bonds is 4. The fourth-order valence-electron chi connectivity index (χ4n) is 2.59. The molecule has 22 heavy (non-hydrogen) atoms. The van der Waals surface area contributed by atoms with Gasteiger partial charge >= 0.3 is 0 Å². The maximum atomic E-state index is 12.2. The lowest BCUT2D eigenvalue weighted by Crippen LogP contribution is -2.36.